The molecule has 0 spiro atoms. The lowest BCUT2D eigenvalue weighted by molar-refractivity contribution is -0.0279. The monoisotopic (exact) mass is 197 g/mol. The van der Waals surface area contributed by atoms with Gasteiger partial charge in [0, 0.05) is 6.54 Å². The minimum absolute atomic E-state index is 0.0793. The molecule has 0 aromatic carbocycles. The van der Waals surface area contributed by atoms with E-state index in [-0.39, 0.29) is 11.7 Å². The van der Waals surface area contributed by atoms with Crippen LogP contribution in [0, 0.1) is 0 Å². The molecule has 13 heavy (non-hydrogen) atoms. The zero-order chi connectivity index (χ0) is 9.31. The van der Waals surface area contributed by atoms with Gasteiger partial charge in [0.1, 0.15) is 0 Å². The zero-order valence-corrected chi connectivity index (χ0v) is 8.64. The highest BCUT2D eigenvalue weighted by Crippen LogP contribution is 2.39. The Balaban J connectivity index is 2.15. The highest BCUT2D eigenvalue weighted by molar-refractivity contribution is 7.08. The molecule has 1 fully saturated rings. The first kappa shape index (κ1) is 9.19. The first-order valence-corrected chi connectivity index (χ1v) is 5.59. The quantitative estimate of drug-likeness (QED) is 0.788. The Hall–Kier alpha value is -0.380. The molecule has 0 amide bonds. The van der Waals surface area contributed by atoms with E-state index in [0.717, 1.165) is 12.8 Å². The number of nitrogens with two attached hydrogens (primary N) is 1. The van der Waals surface area contributed by atoms with Gasteiger partial charge < -0.3 is 10.5 Å². The Morgan fingerprint density at radius 3 is 3.15 bits per heavy atom. The van der Waals surface area contributed by atoms with Crippen molar-refractivity contribution >= 4 is 11.3 Å². The summed E-state index contributed by atoms with van der Waals surface area (Å²) in [5.41, 5.74) is 6.81. The van der Waals surface area contributed by atoms with E-state index in [1.54, 1.807) is 11.3 Å². The van der Waals surface area contributed by atoms with Crippen LogP contribution in [0.2, 0.25) is 0 Å². The second kappa shape index (κ2) is 3.40. The summed E-state index contributed by atoms with van der Waals surface area (Å²) in [7, 11) is 0. The van der Waals surface area contributed by atoms with Gasteiger partial charge >= 0.3 is 0 Å². The number of thiophene rings is 1. The van der Waals surface area contributed by atoms with E-state index in [1.165, 1.54) is 5.56 Å². The van der Waals surface area contributed by atoms with Crippen molar-refractivity contribution in [3.8, 4) is 0 Å². The van der Waals surface area contributed by atoms with Gasteiger partial charge in [-0.3, -0.25) is 0 Å². The molecular weight excluding hydrogens is 182 g/mol. The third kappa shape index (κ3) is 1.64. The van der Waals surface area contributed by atoms with Gasteiger partial charge in [0.15, 0.2) is 0 Å². The van der Waals surface area contributed by atoms with Crippen molar-refractivity contribution in [2.24, 2.45) is 5.73 Å². The molecule has 2 atom stereocenters. The van der Waals surface area contributed by atoms with Crippen molar-refractivity contribution in [3.63, 3.8) is 0 Å². The van der Waals surface area contributed by atoms with Crippen LogP contribution in [0.3, 0.4) is 0 Å². The molecule has 1 aromatic rings. The minimum atomic E-state index is -0.0793. The van der Waals surface area contributed by atoms with Crippen LogP contribution in [0.5, 0.6) is 0 Å². The van der Waals surface area contributed by atoms with Crippen molar-refractivity contribution in [2.75, 3.05) is 6.54 Å². The molecule has 72 valence electrons. The van der Waals surface area contributed by atoms with Crippen molar-refractivity contribution in [1.29, 1.82) is 0 Å². The molecule has 0 aliphatic carbocycles. The van der Waals surface area contributed by atoms with Crippen LogP contribution in [-0.4, -0.2) is 12.6 Å². The van der Waals surface area contributed by atoms with Gasteiger partial charge in [0.25, 0.3) is 0 Å². The van der Waals surface area contributed by atoms with Crippen LogP contribution in [-0.2, 0) is 10.3 Å². The Morgan fingerprint density at radius 2 is 2.62 bits per heavy atom. The fraction of sp³-hybridized carbons (Fsp3) is 0.600. The molecule has 2 nitrogen and oxygen atoms in total. The van der Waals surface area contributed by atoms with E-state index in [1.807, 2.05) is 0 Å². The molecule has 1 aromatic heterocycles. The molecule has 0 bridgehead atoms. The third-order valence-electron chi connectivity index (χ3n) is 2.76. The summed E-state index contributed by atoms with van der Waals surface area (Å²) in [6.07, 6.45) is 2.43. The fourth-order valence-electron chi connectivity index (χ4n) is 1.87. The molecule has 2 N–H and O–H groups in total. The summed E-state index contributed by atoms with van der Waals surface area (Å²) in [6.45, 7) is 2.80. The van der Waals surface area contributed by atoms with Crippen LogP contribution in [0.4, 0.5) is 0 Å². The lowest BCUT2D eigenvalue weighted by atomic mass is 9.95. The van der Waals surface area contributed by atoms with E-state index in [0.29, 0.717) is 6.54 Å². The number of ether oxygens (including phenoxy) is 1. The Labute approximate surface area is 82.7 Å². The maximum atomic E-state index is 5.92. The van der Waals surface area contributed by atoms with Gasteiger partial charge in [-0.1, -0.05) is 0 Å². The molecule has 3 heteroatoms. The second-order valence-electron chi connectivity index (χ2n) is 3.76. The van der Waals surface area contributed by atoms with Crippen LogP contribution in [0.1, 0.15) is 25.3 Å². The molecule has 0 radical (unpaired) electrons. The highest BCUT2D eigenvalue weighted by Gasteiger charge is 2.36. The maximum Gasteiger partial charge on any atom is 0.0916 e. The lowest BCUT2D eigenvalue weighted by Gasteiger charge is -2.23. The molecule has 2 rings (SSSR count). The molecular formula is C10H15NOS. The van der Waals surface area contributed by atoms with E-state index >= 15 is 0 Å². The molecule has 1 saturated heterocycles. The van der Waals surface area contributed by atoms with E-state index in [2.05, 4.69) is 23.8 Å². The van der Waals surface area contributed by atoms with E-state index in [9.17, 15) is 0 Å². The first-order chi connectivity index (χ1) is 6.24. The van der Waals surface area contributed by atoms with Crippen molar-refractivity contribution in [1.82, 2.24) is 0 Å². The predicted molar refractivity (Wildman–Crippen MR) is 54.8 cm³/mol. The second-order valence-corrected chi connectivity index (χ2v) is 4.54. The first-order valence-electron chi connectivity index (χ1n) is 4.65. The molecule has 0 saturated carbocycles. The van der Waals surface area contributed by atoms with Gasteiger partial charge in [-0.2, -0.15) is 11.3 Å². The summed E-state index contributed by atoms with van der Waals surface area (Å²) >= 11 is 1.72. The highest BCUT2D eigenvalue weighted by atomic mass is 32.1. The van der Waals surface area contributed by atoms with Crippen molar-refractivity contribution in [3.05, 3.63) is 22.4 Å². The van der Waals surface area contributed by atoms with Crippen LogP contribution in [0.15, 0.2) is 16.8 Å². The fourth-order valence-corrected chi connectivity index (χ4v) is 2.64. The minimum Gasteiger partial charge on any atom is -0.366 e. The predicted octanol–water partition coefficient (Wildman–Crippen LogP) is 2.10. The largest absolute Gasteiger partial charge is 0.366 e. The Morgan fingerprint density at radius 1 is 1.77 bits per heavy atom. The molecule has 2 unspecified atom stereocenters. The van der Waals surface area contributed by atoms with Crippen LogP contribution in [0.25, 0.3) is 0 Å². The zero-order valence-electron chi connectivity index (χ0n) is 7.82. The number of rotatable bonds is 2. The van der Waals surface area contributed by atoms with Crippen LogP contribution < -0.4 is 5.73 Å². The summed E-state index contributed by atoms with van der Waals surface area (Å²) in [5, 5.41) is 4.26. The smallest absolute Gasteiger partial charge is 0.0916 e. The molecule has 1 aliphatic heterocycles. The normalized spacial score (nSPS) is 33.8. The van der Waals surface area contributed by atoms with Gasteiger partial charge in [0.2, 0.25) is 0 Å². The van der Waals surface area contributed by atoms with E-state index < -0.39 is 0 Å². The summed E-state index contributed by atoms with van der Waals surface area (Å²) in [5.74, 6) is 0. The Bertz CT molecular complexity index is 272. The topological polar surface area (TPSA) is 35.2 Å². The average Bonchev–Trinajstić information content (AvgIpc) is 2.72. The summed E-state index contributed by atoms with van der Waals surface area (Å²) in [6, 6.07) is 2.14. The lowest BCUT2D eigenvalue weighted by Crippen LogP contribution is -2.25. The van der Waals surface area contributed by atoms with E-state index in [4.69, 9.17) is 10.5 Å². The molecule has 2 heterocycles. The summed E-state index contributed by atoms with van der Waals surface area (Å²) < 4.78 is 5.92. The number of hydrogen-bond donors (Lipinski definition) is 1. The van der Waals surface area contributed by atoms with Gasteiger partial charge in [-0.15, -0.1) is 0 Å². The van der Waals surface area contributed by atoms with Gasteiger partial charge in [-0.25, -0.2) is 0 Å². The van der Waals surface area contributed by atoms with Gasteiger partial charge in [-0.05, 0) is 42.2 Å². The van der Waals surface area contributed by atoms with Crippen LogP contribution >= 0.6 is 11.3 Å². The third-order valence-corrected chi connectivity index (χ3v) is 3.45. The van der Waals surface area contributed by atoms with Gasteiger partial charge in [0.05, 0.1) is 11.7 Å². The van der Waals surface area contributed by atoms with Crippen molar-refractivity contribution in [2.45, 2.75) is 31.5 Å². The number of hydrogen-bond acceptors (Lipinski definition) is 3. The average molecular weight is 197 g/mol. The Kier molecular flexibility index (Phi) is 2.41. The maximum absolute atomic E-state index is 5.92. The summed E-state index contributed by atoms with van der Waals surface area (Å²) in [4.78, 5) is 0. The standard InChI is InChI=1S/C10H15NOS/c1-10(8-3-5-13-7-8)4-2-9(6-11)12-10/h3,5,7,9H,2,4,6,11H2,1H3. The molecule has 1 aliphatic rings. The SMILES string of the molecule is CC1(c2ccsc2)CCC(CN)O1. The van der Waals surface area contributed by atoms with Crippen molar-refractivity contribution < 1.29 is 4.74 Å².